The van der Waals surface area contributed by atoms with E-state index in [0.29, 0.717) is 22.5 Å². The summed E-state index contributed by atoms with van der Waals surface area (Å²) in [5.41, 5.74) is 3.86. The number of ether oxygens (including phenoxy) is 1. The number of hydrogen-bond donors (Lipinski definition) is 1. The minimum atomic E-state index is -0.503. The lowest BCUT2D eigenvalue weighted by Gasteiger charge is -2.30. The molecule has 1 heterocycles. The van der Waals surface area contributed by atoms with E-state index in [-0.39, 0.29) is 31.7 Å². The first-order chi connectivity index (χ1) is 19.9. The highest BCUT2D eigenvalue weighted by atomic mass is 16.5. The largest absolute Gasteiger partial charge is 0.465 e. The third-order valence-electron chi connectivity index (χ3n) is 6.78. The van der Waals surface area contributed by atoms with Crippen molar-refractivity contribution in [2.24, 2.45) is 0 Å². The predicted octanol–water partition coefficient (Wildman–Crippen LogP) is 5.86. The lowest BCUT2D eigenvalue weighted by atomic mass is 9.45. The van der Waals surface area contributed by atoms with Crippen LogP contribution in [-0.4, -0.2) is 50.7 Å². The van der Waals surface area contributed by atoms with E-state index in [4.69, 9.17) is 10.00 Å². The first kappa shape index (κ1) is 31.0. The molecule has 8 nitrogen and oxygen atoms in total. The number of nitrogens with zero attached hydrogens (tertiary/aromatic N) is 3. The molecule has 41 heavy (non-hydrogen) atoms. The van der Waals surface area contributed by atoms with Gasteiger partial charge >= 0.3 is 5.97 Å². The number of anilines is 3. The van der Waals surface area contributed by atoms with E-state index < -0.39 is 5.97 Å². The van der Waals surface area contributed by atoms with Crippen LogP contribution in [0.25, 0.3) is 0 Å². The number of hydrogen-bond acceptors (Lipinski definition) is 6. The lowest BCUT2D eigenvalue weighted by molar-refractivity contribution is -0.141. The van der Waals surface area contributed by atoms with Gasteiger partial charge in [-0.05, 0) is 86.6 Å². The number of nitriles is 1. The zero-order chi connectivity index (χ0) is 29.8. The smallest absolute Gasteiger partial charge is 0.326 e. The maximum Gasteiger partial charge on any atom is 0.326 e. The standard InChI is InChI=1S/C30H31BN4O4.C2H6/c1-3-39-28(36)20-35(30(38)24-7-5-4-6-8-24)27-14-11-25(19-22(27)2)33-29(37)23-9-12-26(13-10-23)34-17-15-31(21-32)16-18-34;1-2/h4-14,19H,3,15-18,20H2,1-2H3,(H,33,37);1-2H3. The van der Waals surface area contributed by atoms with Crippen LogP contribution in [0.5, 0.6) is 0 Å². The summed E-state index contributed by atoms with van der Waals surface area (Å²) in [5, 5.41) is 12.0. The molecule has 9 heteroatoms. The minimum Gasteiger partial charge on any atom is -0.465 e. The number of benzene rings is 3. The average molecular weight is 552 g/mol. The van der Waals surface area contributed by atoms with E-state index in [1.54, 1.807) is 61.5 Å². The van der Waals surface area contributed by atoms with Crippen LogP contribution >= 0.6 is 0 Å². The van der Waals surface area contributed by atoms with Crippen molar-refractivity contribution in [1.82, 2.24) is 0 Å². The molecule has 4 rings (SSSR count). The van der Waals surface area contributed by atoms with E-state index >= 15 is 0 Å². The summed E-state index contributed by atoms with van der Waals surface area (Å²) in [5.74, 6) is 1.27. The van der Waals surface area contributed by atoms with E-state index in [1.807, 2.05) is 39.0 Å². The fourth-order valence-electron chi connectivity index (χ4n) is 4.67. The van der Waals surface area contributed by atoms with Crippen molar-refractivity contribution >= 4 is 41.6 Å². The fraction of sp³-hybridized carbons (Fsp3) is 0.312. The van der Waals surface area contributed by atoms with Gasteiger partial charge < -0.3 is 15.0 Å². The summed E-state index contributed by atoms with van der Waals surface area (Å²) < 4.78 is 5.10. The SMILES string of the molecule is CC.CCOC(=O)CN(C(=O)c1ccccc1)c1ccc(NC(=O)c2ccc(N3CCB(C#N)CC3)cc2)cc1C. The maximum atomic E-state index is 13.3. The van der Waals surface area contributed by atoms with E-state index in [0.717, 1.165) is 37.0 Å². The van der Waals surface area contributed by atoms with Crippen LogP contribution < -0.4 is 15.1 Å². The van der Waals surface area contributed by atoms with E-state index in [9.17, 15) is 14.4 Å². The van der Waals surface area contributed by atoms with Gasteiger partial charge in [0.2, 0.25) is 0 Å². The summed E-state index contributed by atoms with van der Waals surface area (Å²) in [6.45, 7) is 9.31. The van der Waals surface area contributed by atoms with Gasteiger partial charge in [-0.2, -0.15) is 0 Å². The Labute approximate surface area is 243 Å². The Morgan fingerprint density at radius 3 is 2.22 bits per heavy atom. The first-order valence-corrected chi connectivity index (χ1v) is 14.1. The highest BCUT2D eigenvalue weighted by molar-refractivity contribution is 6.67. The Balaban J connectivity index is 0.00000226. The topological polar surface area (TPSA) is 103 Å². The molecule has 0 aliphatic carbocycles. The molecule has 0 aromatic heterocycles. The van der Waals surface area contributed by atoms with Crippen molar-refractivity contribution in [3.8, 4) is 5.97 Å². The van der Waals surface area contributed by atoms with Crippen LogP contribution in [0.1, 0.15) is 47.1 Å². The van der Waals surface area contributed by atoms with Crippen molar-refractivity contribution in [3.05, 3.63) is 89.5 Å². The molecule has 0 unspecified atom stereocenters. The van der Waals surface area contributed by atoms with Crippen LogP contribution in [0.4, 0.5) is 17.1 Å². The molecule has 0 atom stereocenters. The molecule has 1 saturated heterocycles. The minimum absolute atomic E-state index is 0.120. The van der Waals surface area contributed by atoms with Crippen LogP contribution in [0, 0.1) is 18.2 Å². The third kappa shape index (κ3) is 8.21. The van der Waals surface area contributed by atoms with Gasteiger partial charge in [0.25, 0.3) is 18.5 Å². The summed E-state index contributed by atoms with van der Waals surface area (Å²) in [6, 6.07) is 21.4. The summed E-state index contributed by atoms with van der Waals surface area (Å²) in [7, 11) is 0. The maximum absolute atomic E-state index is 13.3. The van der Waals surface area contributed by atoms with Crippen molar-refractivity contribution in [2.45, 2.75) is 40.3 Å². The number of aryl methyl sites for hydroxylation is 1. The summed E-state index contributed by atoms with van der Waals surface area (Å²) >= 11 is 0. The van der Waals surface area contributed by atoms with E-state index in [1.165, 1.54) is 4.90 Å². The molecule has 1 fully saturated rings. The van der Waals surface area contributed by atoms with Crippen molar-refractivity contribution in [2.75, 3.05) is 41.4 Å². The molecule has 0 saturated carbocycles. The molecule has 0 spiro atoms. The molecule has 1 aliphatic heterocycles. The highest BCUT2D eigenvalue weighted by Gasteiger charge is 2.24. The molecule has 2 amide bonds. The molecule has 3 aromatic rings. The first-order valence-electron chi connectivity index (χ1n) is 14.1. The number of nitrogens with one attached hydrogen (secondary N) is 1. The fourth-order valence-corrected chi connectivity index (χ4v) is 4.67. The van der Waals surface area contributed by atoms with E-state index in [2.05, 4.69) is 16.2 Å². The van der Waals surface area contributed by atoms with Gasteiger partial charge in [-0.3, -0.25) is 19.3 Å². The quantitative estimate of drug-likeness (QED) is 0.277. The normalized spacial score (nSPS) is 12.4. The number of rotatable bonds is 8. The molecular formula is C32H37BN4O4. The second kappa shape index (κ2) is 15.3. The van der Waals surface area contributed by atoms with Gasteiger partial charge in [0.1, 0.15) is 6.54 Å². The molecule has 0 radical (unpaired) electrons. The van der Waals surface area contributed by atoms with Crippen LogP contribution in [-0.2, 0) is 9.53 Å². The molecular weight excluding hydrogens is 515 g/mol. The summed E-state index contributed by atoms with van der Waals surface area (Å²) in [4.78, 5) is 42.2. The number of esters is 1. The monoisotopic (exact) mass is 552 g/mol. The van der Waals surface area contributed by atoms with Gasteiger partial charge in [0.05, 0.1) is 6.61 Å². The third-order valence-corrected chi connectivity index (χ3v) is 6.78. The Hall–Kier alpha value is -4.58. The Kier molecular flexibility index (Phi) is 11.5. The molecule has 1 aliphatic rings. The van der Waals surface area contributed by atoms with Crippen LogP contribution in [0.15, 0.2) is 72.8 Å². The van der Waals surface area contributed by atoms with Crippen molar-refractivity contribution in [1.29, 1.82) is 5.26 Å². The zero-order valence-electron chi connectivity index (χ0n) is 24.2. The Morgan fingerprint density at radius 1 is 0.976 bits per heavy atom. The van der Waals surface area contributed by atoms with Gasteiger partial charge in [0, 0.05) is 47.2 Å². The lowest BCUT2D eigenvalue weighted by Crippen LogP contribution is -2.37. The molecule has 1 N–H and O–H groups in total. The van der Waals surface area contributed by atoms with Gasteiger partial charge in [-0.1, -0.05) is 32.0 Å². The Bertz CT molecular complexity index is 1360. The van der Waals surface area contributed by atoms with Gasteiger partial charge in [-0.15, -0.1) is 0 Å². The molecule has 0 bridgehead atoms. The average Bonchev–Trinajstić information content (AvgIpc) is 3.01. The van der Waals surface area contributed by atoms with Gasteiger partial charge in [-0.25, -0.2) is 5.26 Å². The van der Waals surface area contributed by atoms with Crippen LogP contribution in [0.2, 0.25) is 12.6 Å². The molecule has 3 aromatic carbocycles. The number of carbonyl (C=O) groups excluding carboxylic acids is 3. The zero-order valence-corrected chi connectivity index (χ0v) is 24.2. The summed E-state index contributed by atoms with van der Waals surface area (Å²) in [6.07, 6.45) is 1.70. The second-order valence-electron chi connectivity index (χ2n) is 9.46. The number of amides is 2. The highest BCUT2D eigenvalue weighted by Crippen LogP contribution is 2.26. The van der Waals surface area contributed by atoms with Crippen molar-refractivity contribution in [3.63, 3.8) is 0 Å². The molecule has 212 valence electrons. The predicted molar refractivity (Wildman–Crippen MR) is 165 cm³/mol. The van der Waals surface area contributed by atoms with Crippen molar-refractivity contribution < 1.29 is 19.1 Å². The Morgan fingerprint density at radius 2 is 1.63 bits per heavy atom. The van der Waals surface area contributed by atoms with Gasteiger partial charge in [0.15, 0.2) is 0 Å². The second-order valence-corrected chi connectivity index (χ2v) is 9.46. The van der Waals surface area contributed by atoms with Crippen LogP contribution in [0.3, 0.4) is 0 Å². The number of carbonyl (C=O) groups is 3.